The Kier molecular flexibility index (Phi) is 5.13. The maximum Gasteiger partial charge on any atom is 0.223 e. The van der Waals surface area contributed by atoms with Gasteiger partial charge in [0.05, 0.1) is 27.4 Å². The third-order valence-corrected chi connectivity index (χ3v) is 4.10. The van der Waals surface area contributed by atoms with Crippen LogP contribution in [0.25, 0.3) is 0 Å². The van der Waals surface area contributed by atoms with E-state index in [1.54, 1.807) is 17.0 Å². The van der Waals surface area contributed by atoms with Crippen molar-refractivity contribution in [1.29, 1.82) is 0 Å². The van der Waals surface area contributed by atoms with Crippen LogP contribution in [0.4, 0.5) is 0 Å². The van der Waals surface area contributed by atoms with Crippen molar-refractivity contribution >= 4 is 5.91 Å². The van der Waals surface area contributed by atoms with Crippen molar-refractivity contribution in [2.75, 3.05) is 34.4 Å². The molecule has 2 atom stereocenters. The number of aliphatic hydroxyl groups is 1. The van der Waals surface area contributed by atoms with E-state index in [4.69, 9.17) is 14.2 Å². The molecule has 1 heterocycles. The molecule has 0 saturated carbocycles. The van der Waals surface area contributed by atoms with Gasteiger partial charge in [0.25, 0.3) is 0 Å². The summed E-state index contributed by atoms with van der Waals surface area (Å²) in [6.07, 6.45) is -0.403. The van der Waals surface area contributed by atoms with Gasteiger partial charge in [-0.15, -0.1) is 0 Å². The summed E-state index contributed by atoms with van der Waals surface area (Å²) in [6, 6.07) is 3.45. The number of hydrogen-bond acceptors (Lipinski definition) is 5. The molecule has 1 aliphatic rings. The zero-order chi connectivity index (χ0) is 16.3. The number of benzene rings is 1. The fraction of sp³-hybridized carbons (Fsp3) is 0.562. The first-order valence-corrected chi connectivity index (χ1v) is 7.31. The van der Waals surface area contributed by atoms with Crippen molar-refractivity contribution in [3.63, 3.8) is 0 Å². The molecule has 1 aliphatic heterocycles. The number of nitrogens with zero attached hydrogens (tertiary/aromatic N) is 1. The maximum atomic E-state index is 11.8. The van der Waals surface area contributed by atoms with E-state index >= 15 is 0 Å². The molecule has 1 aromatic rings. The monoisotopic (exact) mass is 309 g/mol. The van der Waals surface area contributed by atoms with E-state index in [2.05, 4.69) is 0 Å². The average molecular weight is 309 g/mol. The molecule has 2 unspecified atom stereocenters. The van der Waals surface area contributed by atoms with Crippen LogP contribution in [0.15, 0.2) is 12.1 Å². The van der Waals surface area contributed by atoms with Crippen LogP contribution in [0.2, 0.25) is 0 Å². The largest absolute Gasteiger partial charge is 0.493 e. The number of carbonyl (C=O) groups is 1. The Morgan fingerprint density at radius 1 is 1.23 bits per heavy atom. The van der Waals surface area contributed by atoms with E-state index < -0.39 is 6.10 Å². The van der Waals surface area contributed by atoms with Crippen molar-refractivity contribution in [2.24, 2.45) is 5.92 Å². The van der Waals surface area contributed by atoms with Crippen LogP contribution in [0.3, 0.4) is 0 Å². The molecule has 2 rings (SSSR count). The highest BCUT2D eigenvalue weighted by molar-refractivity contribution is 5.78. The highest BCUT2D eigenvalue weighted by atomic mass is 16.5. The number of aliphatic hydroxyl groups excluding tert-OH is 1. The number of hydrogen-bond donors (Lipinski definition) is 1. The van der Waals surface area contributed by atoms with Crippen molar-refractivity contribution in [1.82, 2.24) is 4.90 Å². The summed E-state index contributed by atoms with van der Waals surface area (Å²) in [6.45, 7) is 3.16. The van der Waals surface area contributed by atoms with Gasteiger partial charge < -0.3 is 24.2 Å². The number of ether oxygens (including phenoxy) is 3. The topological polar surface area (TPSA) is 68.2 Å². The average Bonchev–Trinajstić information content (AvgIpc) is 2.93. The molecular formula is C16H23NO5. The minimum Gasteiger partial charge on any atom is -0.493 e. The SMILES string of the molecule is CCN1CC(C(O)c2cc(OC)c(OC)c(OC)c2)CC1=O. The van der Waals surface area contributed by atoms with Crippen LogP contribution in [-0.2, 0) is 4.79 Å². The molecule has 1 aromatic carbocycles. The number of likely N-dealkylation sites (tertiary alicyclic amines) is 1. The molecular weight excluding hydrogens is 286 g/mol. The summed E-state index contributed by atoms with van der Waals surface area (Å²) >= 11 is 0. The molecule has 6 nitrogen and oxygen atoms in total. The van der Waals surface area contributed by atoms with Gasteiger partial charge in [0.15, 0.2) is 11.5 Å². The van der Waals surface area contributed by atoms with Gasteiger partial charge in [0.1, 0.15) is 0 Å². The molecule has 1 saturated heterocycles. The van der Waals surface area contributed by atoms with Crippen LogP contribution < -0.4 is 14.2 Å². The molecule has 6 heteroatoms. The van der Waals surface area contributed by atoms with Gasteiger partial charge in [-0.05, 0) is 24.6 Å². The zero-order valence-corrected chi connectivity index (χ0v) is 13.5. The molecule has 0 spiro atoms. The van der Waals surface area contributed by atoms with Crippen LogP contribution in [-0.4, -0.2) is 50.3 Å². The van der Waals surface area contributed by atoms with E-state index in [0.717, 1.165) is 0 Å². The van der Waals surface area contributed by atoms with Crippen molar-refractivity contribution in [2.45, 2.75) is 19.4 Å². The van der Waals surface area contributed by atoms with Gasteiger partial charge >= 0.3 is 0 Å². The zero-order valence-electron chi connectivity index (χ0n) is 13.5. The van der Waals surface area contributed by atoms with Crippen LogP contribution in [0.5, 0.6) is 17.2 Å². The lowest BCUT2D eigenvalue weighted by atomic mass is 9.94. The summed E-state index contributed by atoms with van der Waals surface area (Å²) in [5, 5.41) is 10.6. The van der Waals surface area contributed by atoms with Gasteiger partial charge in [-0.25, -0.2) is 0 Å². The van der Waals surface area contributed by atoms with Crippen LogP contribution in [0, 0.1) is 5.92 Å². The van der Waals surface area contributed by atoms with Crippen molar-refractivity contribution in [3.05, 3.63) is 17.7 Å². The molecule has 0 aromatic heterocycles. The summed E-state index contributed by atoms with van der Waals surface area (Å²) < 4.78 is 15.9. The fourth-order valence-electron chi connectivity index (χ4n) is 2.86. The van der Waals surface area contributed by atoms with Gasteiger partial charge in [0, 0.05) is 25.4 Å². The lowest BCUT2D eigenvalue weighted by Crippen LogP contribution is -2.25. The molecule has 122 valence electrons. The summed E-state index contributed by atoms with van der Waals surface area (Å²) in [7, 11) is 4.60. The normalized spacial score (nSPS) is 19.2. The molecule has 1 fully saturated rings. The second-order valence-corrected chi connectivity index (χ2v) is 5.30. The first-order chi connectivity index (χ1) is 10.5. The van der Waals surface area contributed by atoms with Crippen molar-refractivity contribution < 1.29 is 24.1 Å². The highest BCUT2D eigenvalue weighted by Gasteiger charge is 2.34. The molecule has 0 bridgehead atoms. The van der Waals surface area contributed by atoms with E-state index in [9.17, 15) is 9.90 Å². The molecule has 0 radical (unpaired) electrons. The number of methoxy groups -OCH3 is 3. The summed E-state index contributed by atoms with van der Waals surface area (Å²) in [5.41, 5.74) is 0.658. The second kappa shape index (κ2) is 6.87. The predicted molar refractivity (Wildman–Crippen MR) is 81.4 cm³/mol. The molecule has 0 aliphatic carbocycles. The fourth-order valence-corrected chi connectivity index (χ4v) is 2.86. The molecule has 1 N–H and O–H groups in total. The minimum atomic E-state index is -0.755. The van der Waals surface area contributed by atoms with Gasteiger partial charge in [0.2, 0.25) is 11.7 Å². The smallest absolute Gasteiger partial charge is 0.223 e. The first kappa shape index (κ1) is 16.4. The minimum absolute atomic E-state index is 0.0824. The molecule has 1 amide bonds. The number of rotatable bonds is 6. The number of amides is 1. The van der Waals surface area contributed by atoms with Crippen LogP contribution >= 0.6 is 0 Å². The Bertz CT molecular complexity index is 520. The quantitative estimate of drug-likeness (QED) is 0.865. The third kappa shape index (κ3) is 2.97. The van der Waals surface area contributed by atoms with E-state index in [-0.39, 0.29) is 11.8 Å². The Hall–Kier alpha value is -1.95. The van der Waals surface area contributed by atoms with E-state index in [0.29, 0.717) is 42.3 Å². The Labute approximate surface area is 130 Å². The van der Waals surface area contributed by atoms with Gasteiger partial charge in [-0.3, -0.25) is 4.79 Å². The van der Waals surface area contributed by atoms with E-state index in [1.165, 1.54) is 21.3 Å². The summed E-state index contributed by atoms with van der Waals surface area (Å²) in [5.74, 6) is 1.42. The first-order valence-electron chi connectivity index (χ1n) is 7.31. The Morgan fingerprint density at radius 2 is 1.82 bits per heavy atom. The number of carbonyl (C=O) groups excluding carboxylic acids is 1. The Balaban J connectivity index is 2.30. The summed E-state index contributed by atoms with van der Waals surface area (Å²) in [4.78, 5) is 13.6. The Morgan fingerprint density at radius 3 is 2.23 bits per heavy atom. The highest BCUT2D eigenvalue weighted by Crippen LogP contribution is 2.41. The molecule has 22 heavy (non-hydrogen) atoms. The predicted octanol–water partition coefficient (Wildman–Crippen LogP) is 1.61. The van der Waals surface area contributed by atoms with Gasteiger partial charge in [-0.2, -0.15) is 0 Å². The maximum absolute atomic E-state index is 11.8. The standard InChI is InChI=1S/C16H23NO5/c1-5-17-9-11(8-14(17)18)15(19)10-6-12(20-2)16(22-4)13(7-10)21-3/h6-7,11,15,19H,5,8-9H2,1-4H3. The van der Waals surface area contributed by atoms with E-state index in [1.807, 2.05) is 6.92 Å². The lowest BCUT2D eigenvalue weighted by Gasteiger charge is -2.21. The van der Waals surface area contributed by atoms with Crippen LogP contribution in [0.1, 0.15) is 25.0 Å². The second-order valence-electron chi connectivity index (χ2n) is 5.30. The van der Waals surface area contributed by atoms with Crippen molar-refractivity contribution in [3.8, 4) is 17.2 Å². The van der Waals surface area contributed by atoms with Gasteiger partial charge in [-0.1, -0.05) is 0 Å². The third-order valence-electron chi connectivity index (χ3n) is 4.10. The lowest BCUT2D eigenvalue weighted by molar-refractivity contribution is -0.127.